The lowest BCUT2D eigenvalue weighted by atomic mass is 10.3. The molecule has 1 heterocycles. The van der Waals surface area contributed by atoms with Crippen molar-refractivity contribution in [2.24, 2.45) is 0 Å². The van der Waals surface area contributed by atoms with Gasteiger partial charge in [-0.15, -0.1) is 0 Å². The van der Waals surface area contributed by atoms with Crippen LogP contribution in [0.4, 0.5) is 17.2 Å². The molecular weight excluding hydrogens is 326 g/mol. The molecule has 2 N–H and O–H groups in total. The molecular formula is C17H23N3O3S. The molecule has 0 amide bonds. The molecule has 24 heavy (non-hydrogen) atoms. The van der Waals surface area contributed by atoms with E-state index in [1.54, 1.807) is 18.3 Å². The molecule has 0 aliphatic carbocycles. The van der Waals surface area contributed by atoms with E-state index in [-0.39, 0.29) is 5.75 Å². The Balaban J connectivity index is 1.96. The lowest BCUT2D eigenvalue weighted by molar-refractivity contribution is 0.340. The van der Waals surface area contributed by atoms with Gasteiger partial charge in [-0.2, -0.15) is 0 Å². The zero-order chi connectivity index (χ0) is 17.4. The molecule has 0 aliphatic heterocycles. The number of ether oxygens (including phenoxy) is 1. The van der Waals surface area contributed by atoms with Crippen LogP contribution in [0.2, 0.25) is 0 Å². The molecule has 0 radical (unpaired) electrons. The molecule has 6 nitrogen and oxygen atoms in total. The lowest BCUT2D eigenvalue weighted by Crippen LogP contribution is -2.17. The van der Waals surface area contributed by atoms with Gasteiger partial charge in [0.05, 0.1) is 24.2 Å². The van der Waals surface area contributed by atoms with E-state index in [0.717, 1.165) is 23.5 Å². The van der Waals surface area contributed by atoms with Crippen molar-refractivity contribution in [1.82, 2.24) is 4.98 Å². The van der Waals surface area contributed by atoms with Gasteiger partial charge in [0.25, 0.3) is 0 Å². The first-order valence-electron chi connectivity index (χ1n) is 7.99. The van der Waals surface area contributed by atoms with E-state index in [1.165, 1.54) is 0 Å². The second-order valence-electron chi connectivity index (χ2n) is 5.29. The largest absolute Gasteiger partial charge is 0.494 e. The summed E-state index contributed by atoms with van der Waals surface area (Å²) in [6.07, 6.45) is 3.06. The molecule has 2 rings (SSSR count). The van der Waals surface area contributed by atoms with Crippen molar-refractivity contribution in [3.8, 4) is 5.75 Å². The van der Waals surface area contributed by atoms with Crippen LogP contribution in [0.1, 0.15) is 26.7 Å². The Kier molecular flexibility index (Phi) is 6.43. The van der Waals surface area contributed by atoms with Gasteiger partial charge in [0, 0.05) is 5.69 Å². The average Bonchev–Trinajstić information content (AvgIpc) is 2.57. The summed E-state index contributed by atoms with van der Waals surface area (Å²) in [4.78, 5) is 4.14. The van der Waals surface area contributed by atoms with Crippen molar-refractivity contribution in [1.29, 1.82) is 0 Å². The van der Waals surface area contributed by atoms with Crippen LogP contribution >= 0.6 is 0 Å². The van der Waals surface area contributed by atoms with E-state index in [4.69, 9.17) is 4.74 Å². The summed E-state index contributed by atoms with van der Waals surface area (Å²) in [5, 5.41) is 3.20. The van der Waals surface area contributed by atoms with Gasteiger partial charge < -0.3 is 10.1 Å². The molecule has 0 fully saturated rings. The molecule has 0 bridgehead atoms. The molecule has 1 aromatic carbocycles. The van der Waals surface area contributed by atoms with Gasteiger partial charge in [0.2, 0.25) is 10.0 Å². The maximum atomic E-state index is 11.8. The fourth-order valence-electron chi connectivity index (χ4n) is 2.04. The number of sulfonamides is 1. The summed E-state index contributed by atoms with van der Waals surface area (Å²) in [5.41, 5.74) is 1.67. The number of benzene rings is 1. The van der Waals surface area contributed by atoms with E-state index < -0.39 is 10.0 Å². The predicted octanol–water partition coefficient (Wildman–Crippen LogP) is 3.77. The zero-order valence-electron chi connectivity index (χ0n) is 14.0. The van der Waals surface area contributed by atoms with Crippen molar-refractivity contribution >= 4 is 27.2 Å². The molecule has 7 heteroatoms. The number of hydrogen-bond donors (Lipinski definition) is 2. The van der Waals surface area contributed by atoms with E-state index in [9.17, 15) is 8.42 Å². The van der Waals surface area contributed by atoms with Crippen LogP contribution in [-0.4, -0.2) is 25.8 Å². The minimum absolute atomic E-state index is 0.108. The number of rotatable bonds is 9. The summed E-state index contributed by atoms with van der Waals surface area (Å²) in [6.45, 7) is 4.53. The fourth-order valence-corrected chi connectivity index (χ4v) is 3.25. The van der Waals surface area contributed by atoms with E-state index in [1.807, 2.05) is 38.1 Å². The highest BCUT2D eigenvalue weighted by Crippen LogP contribution is 2.20. The maximum Gasteiger partial charge on any atom is 0.233 e. The monoisotopic (exact) mass is 349 g/mol. The van der Waals surface area contributed by atoms with Crippen LogP contribution < -0.4 is 14.8 Å². The predicted molar refractivity (Wildman–Crippen MR) is 97.4 cm³/mol. The van der Waals surface area contributed by atoms with E-state index in [0.29, 0.717) is 18.8 Å². The number of nitrogens with one attached hydrogen (secondary N) is 2. The first kappa shape index (κ1) is 18.1. The van der Waals surface area contributed by atoms with Crippen molar-refractivity contribution in [3.63, 3.8) is 0 Å². The molecule has 0 unspecified atom stereocenters. The highest BCUT2D eigenvalue weighted by molar-refractivity contribution is 7.92. The van der Waals surface area contributed by atoms with Gasteiger partial charge in [0.15, 0.2) is 0 Å². The Hall–Kier alpha value is -2.28. The second-order valence-corrected chi connectivity index (χ2v) is 7.13. The molecule has 2 aromatic rings. The van der Waals surface area contributed by atoms with Crippen LogP contribution in [0, 0.1) is 0 Å². The van der Waals surface area contributed by atoms with Gasteiger partial charge in [-0.3, -0.25) is 4.72 Å². The molecule has 0 saturated heterocycles. The maximum absolute atomic E-state index is 11.8. The zero-order valence-corrected chi connectivity index (χ0v) is 14.8. The number of aromatic nitrogens is 1. The summed E-state index contributed by atoms with van der Waals surface area (Å²) in [6, 6.07) is 11.0. The van der Waals surface area contributed by atoms with Gasteiger partial charge in [-0.05, 0) is 49.7 Å². The Morgan fingerprint density at radius 2 is 1.75 bits per heavy atom. The third kappa shape index (κ3) is 5.73. The molecule has 0 atom stereocenters. The molecule has 0 aliphatic rings. The average molecular weight is 349 g/mol. The SMILES string of the molecule is CCCCS(=O)(=O)Nc1ccc(Nc2ccc(OCC)cc2)cn1. The fraction of sp³-hybridized carbons (Fsp3) is 0.353. The Bertz CT molecular complexity index is 729. The van der Waals surface area contributed by atoms with Crippen LogP contribution in [-0.2, 0) is 10.0 Å². The van der Waals surface area contributed by atoms with E-state index in [2.05, 4.69) is 15.0 Å². The number of anilines is 3. The second kappa shape index (κ2) is 8.54. The quantitative estimate of drug-likeness (QED) is 0.720. The molecule has 1 aromatic heterocycles. The number of pyridine rings is 1. The number of hydrogen-bond acceptors (Lipinski definition) is 5. The first-order chi connectivity index (χ1) is 11.5. The normalized spacial score (nSPS) is 11.1. The topological polar surface area (TPSA) is 80.3 Å². The number of nitrogens with zero attached hydrogens (tertiary/aromatic N) is 1. The van der Waals surface area contributed by atoms with Crippen LogP contribution in [0.5, 0.6) is 5.75 Å². The Morgan fingerprint density at radius 3 is 2.33 bits per heavy atom. The minimum atomic E-state index is -3.33. The third-order valence-corrected chi connectivity index (χ3v) is 4.59. The van der Waals surface area contributed by atoms with Crippen molar-refractivity contribution in [3.05, 3.63) is 42.6 Å². The highest BCUT2D eigenvalue weighted by atomic mass is 32.2. The first-order valence-corrected chi connectivity index (χ1v) is 9.64. The third-order valence-electron chi connectivity index (χ3n) is 3.24. The highest BCUT2D eigenvalue weighted by Gasteiger charge is 2.10. The Morgan fingerprint density at radius 1 is 1.04 bits per heavy atom. The standard InChI is InChI=1S/C17H23N3O3S/c1-3-5-12-24(21,22)20-17-11-8-15(13-18-17)19-14-6-9-16(10-7-14)23-4-2/h6-11,13,19H,3-5,12H2,1-2H3,(H,18,20). The summed E-state index contributed by atoms with van der Waals surface area (Å²) < 4.78 is 31.6. The Labute approximate surface area is 143 Å². The van der Waals surface area contributed by atoms with Gasteiger partial charge in [-0.1, -0.05) is 13.3 Å². The number of unbranched alkanes of at least 4 members (excludes halogenated alkanes) is 1. The van der Waals surface area contributed by atoms with Gasteiger partial charge >= 0.3 is 0 Å². The van der Waals surface area contributed by atoms with Gasteiger partial charge in [0.1, 0.15) is 11.6 Å². The van der Waals surface area contributed by atoms with Gasteiger partial charge in [-0.25, -0.2) is 13.4 Å². The van der Waals surface area contributed by atoms with Crippen molar-refractivity contribution in [2.45, 2.75) is 26.7 Å². The summed E-state index contributed by atoms with van der Waals surface area (Å²) in [7, 11) is -3.33. The van der Waals surface area contributed by atoms with Crippen LogP contribution in [0.25, 0.3) is 0 Å². The smallest absolute Gasteiger partial charge is 0.233 e. The molecule has 0 spiro atoms. The molecule has 0 saturated carbocycles. The van der Waals surface area contributed by atoms with Crippen LogP contribution in [0.15, 0.2) is 42.6 Å². The summed E-state index contributed by atoms with van der Waals surface area (Å²) in [5.74, 6) is 1.25. The summed E-state index contributed by atoms with van der Waals surface area (Å²) >= 11 is 0. The lowest BCUT2D eigenvalue weighted by Gasteiger charge is -2.10. The minimum Gasteiger partial charge on any atom is -0.494 e. The van der Waals surface area contributed by atoms with Crippen molar-refractivity contribution < 1.29 is 13.2 Å². The van der Waals surface area contributed by atoms with E-state index >= 15 is 0 Å². The van der Waals surface area contributed by atoms with Crippen molar-refractivity contribution in [2.75, 3.05) is 22.4 Å². The molecule has 130 valence electrons. The van der Waals surface area contributed by atoms with Crippen LogP contribution in [0.3, 0.4) is 0 Å².